The van der Waals surface area contributed by atoms with Gasteiger partial charge >= 0.3 is 12.1 Å². The average Bonchev–Trinajstić information content (AvgIpc) is 3.36. The number of alkyl carbamates (subject to hydrolysis) is 1. The summed E-state index contributed by atoms with van der Waals surface area (Å²) >= 11 is 0. The Bertz CT molecular complexity index is 1020. The molecule has 4 rings (SSSR count). The third kappa shape index (κ3) is 4.32. The molecule has 0 bridgehead atoms. The first kappa shape index (κ1) is 22.8. The summed E-state index contributed by atoms with van der Waals surface area (Å²) in [5.41, 5.74) is 3.41. The van der Waals surface area contributed by atoms with Crippen LogP contribution in [0.4, 0.5) is 4.79 Å². The smallest absolute Gasteiger partial charge is 0.407 e. The largest absolute Gasteiger partial charge is 0.480 e. The van der Waals surface area contributed by atoms with Crippen LogP contribution in [0.5, 0.6) is 0 Å². The van der Waals surface area contributed by atoms with E-state index in [9.17, 15) is 19.5 Å². The Hall–Kier alpha value is -3.35. The summed E-state index contributed by atoms with van der Waals surface area (Å²) in [6.07, 6.45) is 1.10. The monoisotopic (exact) mass is 450 g/mol. The first-order valence-electron chi connectivity index (χ1n) is 11.5. The van der Waals surface area contributed by atoms with Gasteiger partial charge in [-0.15, -0.1) is 0 Å². The second kappa shape index (κ2) is 9.25. The number of carbonyl (C=O) groups excluding carboxylic acids is 2. The normalized spacial score (nSPS) is 20.1. The molecule has 2 aromatic rings. The molecule has 2 aliphatic rings. The Morgan fingerprint density at radius 3 is 2.30 bits per heavy atom. The summed E-state index contributed by atoms with van der Waals surface area (Å²) in [6.45, 7) is 4.08. The van der Waals surface area contributed by atoms with Crippen LogP contribution in [-0.2, 0) is 14.3 Å². The molecule has 1 aliphatic heterocycles. The zero-order valence-corrected chi connectivity index (χ0v) is 19.0. The lowest BCUT2D eigenvalue weighted by Crippen LogP contribution is -2.52. The predicted molar refractivity (Wildman–Crippen MR) is 124 cm³/mol. The van der Waals surface area contributed by atoms with Gasteiger partial charge in [0.2, 0.25) is 5.91 Å². The molecule has 1 heterocycles. The number of carbonyl (C=O) groups is 3. The highest BCUT2D eigenvalue weighted by atomic mass is 16.5. The maximum Gasteiger partial charge on any atom is 0.407 e. The van der Waals surface area contributed by atoms with E-state index in [1.54, 1.807) is 6.92 Å². The van der Waals surface area contributed by atoms with E-state index in [1.165, 1.54) is 4.90 Å². The Labute approximate surface area is 193 Å². The van der Waals surface area contributed by atoms with Crippen LogP contribution in [0.3, 0.4) is 0 Å². The number of rotatable bonds is 7. The topological polar surface area (TPSA) is 95.9 Å². The summed E-state index contributed by atoms with van der Waals surface area (Å²) in [6, 6.07) is 15.8. The molecule has 0 radical (unpaired) electrons. The van der Waals surface area contributed by atoms with Crippen molar-refractivity contribution in [3.63, 3.8) is 0 Å². The van der Waals surface area contributed by atoms with Crippen LogP contribution >= 0.6 is 0 Å². The highest BCUT2D eigenvalue weighted by molar-refractivity contribution is 5.88. The minimum absolute atomic E-state index is 0.0364. The Morgan fingerprint density at radius 1 is 1.12 bits per heavy atom. The molecule has 7 heteroatoms. The van der Waals surface area contributed by atoms with E-state index in [0.29, 0.717) is 25.8 Å². The number of benzene rings is 2. The van der Waals surface area contributed by atoms with Gasteiger partial charge in [0.05, 0.1) is 0 Å². The third-order valence-corrected chi connectivity index (χ3v) is 6.98. The Kier molecular flexibility index (Phi) is 6.40. The van der Waals surface area contributed by atoms with Gasteiger partial charge in [-0.25, -0.2) is 9.59 Å². The van der Waals surface area contributed by atoms with Crippen LogP contribution in [0.2, 0.25) is 0 Å². The lowest BCUT2D eigenvalue weighted by molar-refractivity contribution is -0.155. The van der Waals surface area contributed by atoms with Gasteiger partial charge in [0.25, 0.3) is 0 Å². The number of fused-ring (bicyclic) bond motifs is 3. The van der Waals surface area contributed by atoms with Gasteiger partial charge in [0, 0.05) is 24.9 Å². The van der Waals surface area contributed by atoms with E-state index in [4.69, 9.17) is 4.74 Å². The van der Waals surface area contributed by atoms with Crippen molar-refractivity contribution in [2.75, 3.05) is 13.2 Å². The zero-order chi connectivity index (χ0) is 23.6. The number of amides is 2. The van der Waals surface area contributed by atoms with Gasteiger partial charge < -0.3 is 20.1 Å². The summed E-state index contributed by atoms with van der Waals surface area (Å²) in [7, 11) is 0. The predicted octanol–water partition coefficient (Wildman–Crippen LogP) is 4.16. The van der Waals surface area contributed by atoms with E-state index >= 15 is 0 Å². The number of likely N-dealkylation sites (tertiary alicyclic amines) is 1. The summed E-state index contributed by atoms with van der Waals surface area (Å²) in [4.78, 5) is 38.5. The molecule has 33 heavy (non-hydrogen) atoms. The van der Waals surface area contributed by atoms with Crippen LogP contribution in [-0.4, -0.2) is 52.7 Å². The van der Waals surface area contributed by atoms with Crippen molar-refractivity contribution in [1.29, 1.82) is 0 Å². The van der Waals surface area contributed by atoms with Crippen LogP contribution in [0.1, 0.15) is 56.6 Å². The van der Waals surface area contributed by atoms with Crippen molar-refractivity contribution in [3.05, 3.63) is 59.7 Å². The van der Waals surface area contributed by atoms with Gasteiger partial charge in [-0.05, 0) is 48.4 Å². The number of hydrogen-bond donors (Lipinski definition) is 2. The summed E-state index contributed by atoms with van der Waals surface area (Å²) in [5, 5.41) is 12.4. The van der Waals surface area contributed by atoms with Gasteiger partial charge in [-0.3, -0.25) is 4.79 Å². The fourth-order valence-electron chi connectivity index (χ4n) is 5.01. The standard InChI is InChI=1S/C26H30N2O5/c1-3-17(15-23(29)28-14-8-13-26(28,2)24(30)31)27-25(32)33-16-22-20-11-6-4-9-18(20)19-10-5-7-12-21(19)22/h4-7,9-12,17,22H,3,8,13-16H2,1-2H3,(H,27,32)(H,30,31)/t17-,26-/m1/s1. The molecule has 7 nitrogen and oxygen atoms in total. The van der Waals surface area contributed by atoms with Gasteiger partial charge in [-0.2, -0.15) is 0 Å². The van der Waals surface area contributed by atoms with Crippen molar-refractivity contribution < 1.29 is 24.2 Å². The molecule has 2 aromatic carbocycles. The molecule has 1 saturated heterocycles. The lowest BCUT2D eigenvalue weighted by atomic mass is 9.98. The number of nitrogens with zero attached hydrogens (tertiary/aromatic N) is 1. The van der Waals surface area contributed by atoms with Crippen molar-refractivity contribution in [2.45, 2.75) is 57.0 Å². The number of hydrogen-bond acceptors (Lipinski definition) is 4. The molecule has 2 amide bonds. The van der Waals surface area contributed by atoms with Gasteiger partial charge in [0.15, 0.2) is 0 Å². The highest BCUT2D eigenvalue weighted by Crippen LogP contribution is 2.44. The fraction of sp³-hybridized carbons (Fsp3) is 0.423. The molecule has 0 spiro atoms. The zero-order valence-electron chi connectivity index (χ0n) is 19.0. The van der Waals surface area contributed by atoms with Crippen LogP contribution in [0.25, 0.3) is 11.1 Å². The van der Waals surface area contributed by atoms with Crippen molar-refractivity contribution in [3.8, 4) is 11.1 Å². The Balaban J connectivity index is 1.37. The second-order valence-corrected chi connectivity index (χ2v) is 9.01. The van der Waals surface area contributed by atoms with Crippen molar-refractivity contribution >= 4 is 18.0 Å². The summed E-state index contributed by atoms with van der Waals surface area (Å²) in [5.74, 6) is -1.29. The van der Waals surface area contributed by atoms with Gasteiger partial charge in [0.1, 0.15) is 12.1 Å². The van der Waals surface area contributed by atoms with E-state index in [1.807, 2.05) is 31.2 Å². The maximum absolute atomic E-state index is 12.8. The number of nitrogens with one attached hydrogen (secondary N) is 1. The van der Waals surface area contributed by atoms with Crippen molar-refractivity contribution in [2.24, 2.45) is 0 Å². The van der Waals surface area contributed by atoms with Crippen molar-refractivity contribution in [1.82, 2.24) is 10.2 Å². The highest BCUT2D eigenvalue weighted by Gasteiger charge is 2.46. The van der Waals surface area contributed by atoms with Crippen LogP contribution < -0.4 is 5.32 Å². The average molecular weight is 451 g/mol. The minimum Gasteiger partial charge on any atom is -0.480 e. The molecule has 174 valence electrons. The van der Waals surface area contributed by atoms with E-state index in [0.717, 1.165) is 22.3 Å². The van der Waals surface area contributed by atoms with Crippen LogP contribution in [0, 0.1) is 0 Å². The summed E-state index contributed by atoms with van der Waals surface area (Å²) < 4.78 is 5.59. The molecule has 0 aromatic heterocycles. The fourth-order valence-corrected chi connectivity index (χ4v) is 5.01. The maximum atomic E-state index is 12.8. The molecule has 1 fully saturated rings. The quantitative estimate of drug-likeness (QED) is 0.660. The number of aliphatic carboxylic acids is 1. The molecule has 1 aliphatic carbocycles. The van der Waals surface area contributed by atoms with E-state index in [2.05, 4.69) is 29.6 Å². The molecule has 0 saturated carbocycles. The molecule has 0 unspecified atom stereocenters. The number of carboxylic acids is 1. The second-order valence-electron chi connectivity index (χ2n) is 9.01. The van der Waals surface area contributed by atoms with E-state index < -0.39 is 23.6 Å². The molecular weight excluding hydrogens is 420 g/mol. The Morgan fingerprint density at radius 2 is 1.73 bits per heavy atom. The molecular formula is C26H30N2O5. The van der Waals surface area contributed by atoms with E-state index in [-0.39, 0.29) is 24.9 Å². The lowest BCUT2D eigenvalue weighted by Gasteiger charge is -2.32. The SMILES string of the molecule is CC[C@H](CC(=O)N1CCC[C@]1(C)C(=O)O)NC(=O)OCC1c2ccccc2-c2ccccc21. The number of carboxylic acid groups (broad SMARTS) is 1. The van der Waals surface area contributed by atoms with Gasteiger partial charge in [-0.1, -0.05) is 55.5 Å². The molecule has 2 N–H and O–H groups in total. The third-order valence-electron chi connectivity index (χ3n) is 6.98. The number of ether oxygens (including phenoxy) is 1. The first-order valence-corrected chi connectivity index (χ1v) is 11.5. The molecule has 2 atom stereocenters. The van der Waals surface area contributed by atoms with Crippen LogP contribution in [0.15, 0.2) is 48.5 Å². The first-order chi connectivity index (χ1) is 15.8. The minimum atomic E-state index is -1.18.